The van der Waals surface area contributed by atoms with Crippen LogP contribution < -0.4 is 0 Å². The van der Waals surface area contributed by atoms with Gasteiger partial charge in [0.1, 0.15) is 0 Å². The average molecular weight is 795 g/mol. The normalized spacial score (nSPS) is 15.6. The summed E-state index contributed by atoms with van der Waals surface area (Å²) in [7, 11) is 0. The molecule has 0 bridgehead atoms. The lowest BCUT2D eigenvalue weighted by Gasteiger charge is -2.31. The smallest absolute Gasteiger partial charge is 0.186 e. The van der Waals surface area contributed by atoms with Gasteiger partial charge in [0.2, 0.25) is 0 Å². The summed E-state index contributed by atoms with van der Waals surface area (Å²) >= 11 is 0. The molecule has 0 N–H and O–H groups in total. The van der Waals surface area contributed by atoms with Crippen LogP contribution >= 0.6 is 0 Å². The summed E-state index contributed by atoms with van der Waals surface area (Å²) in [5.74, 6) is 0.181. The third-order valence-electron chi connectivity index (χ3n) is 10.7. The van der Waals surface area contributed by atoms with Crippen molar-refractivity contribution < 1.29 is 9.59 Å². The Balaban J connectivity index is 1.41. The van der Waals surface area contributed by atoms with Gasteiger partial charge in [0.05, 0.1) is 23.8 Å². The molecule has 0 saturated heterocycles. The molecule has 0 saturated carbocycles. The molecule has 6 rings (SSSR count). The van der Waals surface area contributed by atoms with Crippen LogP contribution in [0.2, 0.25) is 0 Å². The Morgan fingerprint density at radius 1 is 0.383 bits per heavy atom. The van der Waals surface area contributed by atoms with E-state index in [-0.39, 0.29) is 33.2 Å². The minimum absolute atomic E-state index is 0.0907. The van der Waals surface area contributed by atoms with Crippen molar-refractivity contribution in [3.8, 4) is 33.4 Å². The van der Waals surface area contributed by atoms with Crippen LogP contribution in [0.5, 0.6) is 0 Å². The highest BCUT2D eigenvalue weighted by molar-refractivity contribution is 6.12. The molecule has 0 atom stereocenters. The van der Waals surface area contributed by atoms with E-state index in [1.807, 2.05) is 72.8 Å². The van der Waals surface area contributed by atoms with Crippen molar-refractivity contribution in [3.63, 3.8) is 0 Å². The zero-order valence-electron chi connectivity index (χ0n) is 37.3. The molecule has 0 heterocycles. The third kappa shape index (κ3) is 9.99. The van der Waals surface area contributed by atoms with Gasteiger partial charge in [-0.1, -0.05) is 156 Å². The lowest BCUT2D eigenvalue weighted by Crippen LogP contribution is -2.27. The topological polar surface area (TPSA) is 83.6 Å². The lowest BCUT2D eigenvalue weighted by molar-refractivity contribution is -0.114. The molecule has 6 heteroatoms. The third-order valence-corrected chi connectivity index (χ3v) is 10.7. The molecule has 0 aliphatic heterocycles. The van der Waals surface area contributed by atoms with E-state index in [0.29, 0.717) is 11.4 Å². The van der Waals surface area contributed by atoms with Gasteiger partial charge in [-0.3, -0.25) is 9.59 Å². The highest BCUT2D eigenvalue weighted by Gasteiger charge is 2.35. The summed E-state index contributed by atoms with van der Waals surface area (Å²) in [6, 6.07) is 33.0. The number of ketones is 2. The van der Waals surface area contributed by atoms with E-state index >= 15 is 0 Å². The van der Waals surface area contributed by atoms with E-state index in [0.717, 1.165) is 66.8 Å². The number of allylic oxidation sites excluding steroid dienone is 10. The summed E-state index contributed by atoms with van der Waals surface area (Å²) in [5.41, 5.74) is 11.1. The molecule has 306 valence electrons. The predicted molar refractivity (Wildman–Crippen MR) is 248 cm³/mol. The first-order valence-electron chi connectivity index (χ1n) is 20.7. The first-order valence-corrected chi connectivity index (χ1v) is 20.7. The summed E-state index contributed by atoms with van der Waals surface area (Å²) in [6.07, 6.45) is 11.3. The molecule has 4 aromatic carbocycles. The van der Waals surface area contributed by atoms with Crippen LogP contribution in [-0.2, 0) is 9.59 Å². The van der Waals surface area contributed by atoms with Crippen LogP contribution in [0.4, 0.5) is 11.4 Å². The van der Waals surface area contributed by atoms with Crippen LogP contribution in [0, 0.1) is 21.7 Å². The summed E-state index contributed by atoms with van der Waals surface area (Å²) < 4.78 is 0. The second kappa shape index (κ2) is 16.8. The zero-order chi connectivity index (χ0) is 43.6. The summed E-state index contributed by atoms with van der Waals surface area (Å²) in [6.45, 7) is 24.8. The molecule has 0 amide bonds. The second-order valence-electron chi connectivity index (χ2n) is 19.8. The van der Waals surface area contributed by atoms with Gasteiger partial charge in [0.15, 0.2) is 11.6 Å². The van der Waals surface area contributed by atoms with Gasteiger partial charge in [0.25, 0.3) is 0 Å². The molecular formula is C54H58N4O2. The van der Waals surface area contributed by atoms with Crippen molar-refractivity contribution in [2.24, 2.45) is 42.1 Å². The molecular weight excluding hydrogens is 737 g/mol. The number of carbonyl (C=O) groups is 2. The van der Waals surface area contributed by atoms with Crippen molar-refractivity contribution in [1.29, 1.82) is 0 Å². The van der Waals surface area contributed by atoms with E-state index < -0.39 is 0 Å². The number of hydrogen-bond acceptors (Lipinski definition) is 6. The average Bonchev–Trinajstić information content (AvgIpc) is 3.18. The Bertz CT molecular complexity index is 2310. The summed E-state index contributed by atoms with van der Waals surface area (Å²) in [5, 5.41) is 18.4. The minimum atomic E-state index is -0.310. The number of Topliss-reactive ketones (excluding diaryl/α,β-unsaturated/α-hetero) is 2. The van der Waals surface area contributed by atoms with Gasteiger partial charge < -0.3 is 0 Å². The van der Waals surface area contributed by atoms with Crippen molar-refractivity contribution >= 4 is 22.9 Å². The molecule has 2 aliphatic carbocycles. The van der Waals surface area contributed by atoms with E-state index in [4.69, 9.17) is 0 Å². The highest BCUT2D eigenvalue weighted by atomic mass is 16.1. The van der Waals surface area contributed by atoms with Gasteiger partial charge in [-0.05, 0) is 115 Å². The van der Waals surface area contributed by atoms with E-state index in [1.54, 1.807) is 12.4 Å². The fraction of sp³-hybridized carbons (Fsp3) is 0.296. The molecule has 60 heavy (non-hydrogen) atoms. The molecule has 0 radical (unpaired) electrons. The second-order valence-corrected chi connectivity index (χ2v) is 19.8. The Morgan fingerprint density at radius 3 is 0.967 bits per heavy atom. The number of benzene rings is 4. The maximum atomic E-state index is 13.5. The Labute approximate surface area is 357 Å². The number of rotatable bonds is 7. The number of hydrogen-bond donors (Lipinski definition) is 0. The van der Waals surface area contributed by atoms with E-state index in [9.17, 15) is 9.59 Å². The summed E-state index contributed by atoms with van der Waals surface area (Å²) in [4.78, 5) is 26.9. The standard InChI is InChI=1S/C54H58N4O2/c1-51(2,3)45-27-35(28-46(49(45)59)52(4,5)6)33-55-57-39-23-25-41(43(31-39)37-19-15-13-16-20-37)42-26-24-40(32-44(42)38-21-17-14-18-22-38)58-56-34-36-29-47(53(7,8)9)50(60)48(30-36)54(10,11)12/h13-34H,1-12H3/b57-55+,58-56+. The lowest BCUT2D eigenvalue weighted by atomic mass is 9.72. The Morgan fingerprint density at radius 2 is 0.683 bits per heavy atom. The maximum Gasteiger partial charge on any atom is 0.186 e. The van der Waals surface area contributed by atoms with Crippen LogP contribution in [-0.4, -0.2) is 11.6 Å². The fourth-order valence-corrected chi connectivity index (χ4v) is 7.38. The first kappa shape index (κ1) is 43.4. The number of azo groups is 2. The molecule has 0 fully saturated rings. The van der Waals surface area contributed by atoms with Gasteiger partial charge in [-0.15, -0.1) is 0 Å². The highest BCUT2D eigenvalue weighted by Crippen LogP contribution is 2.43. The SMILES string of the molecule is CC(C)(C)C1=CC(=C/N=N/c2ccc(-c3ccc(/N=N/C=C4C=C(C(C)(C)C)C(=O)C(C(C)(C)C)=C4)cc3-c3ccccc3)c(-c3ccccc3)c2)C=C(C(C)(C)C)C1=O. The van der Waals surface area contributed by atoms with Crippen LogP contribution in [0.1, 0.15) is 83.1 Å². The Kier molecular flexibility index (Phi) is 12.2. The van der Waals surface area contributed by atoms with Crippen LogP contribution in [0.3, 0.4) is 0 Å². The number of carbonyl (C=O) groups excluding carboxylic acids is 2. The molecule has 0 spiro atoms. The van der Waals surface area contributed by atoms with Gasteiger partial charge in [-0.25, -0.2) is 0 Å². The van der Waals surface area contributed by atoms with Crippen molar-refractivity contribution in [1.82, 2.24) is 0 Å². The van der Waals surface area contributed by atoms with Crippen molar-refractivity contribution in [2.75, 3.05) is 0 Å². The first-order chi connectivity index (χ1) is 28.1. The minimum Gasteiger partial charge on any atom is -0.289 e. The number of nitrogens with zero attached hydrogens (tertiary/aromatic N) is 4. The molecule has 4 aromatic rings. The van der Waals surface area contributed by atoms with Gasteiger partial charge in [-0.2, -0.15) is 20.5 Å². The van der Waals surface area contributed by atoms with Gasteiger partial charge in [0, 0.05) is 22.3 Å². The predicted octanol–water partition coefficient (Wildman–Crippen LogP) is 15.7. The van der Waals surface area contributed by atoms with E-state index in [2.05, 4.69) is 152 Å². The largest absolute Gasteiger partial charge is 0.289 e. The zero-order valence-corrected chi connectivity index (χ0v) is 37.3. The maximum absolute atomic E-state index is 13.5. The van der Waals surface area contributed by atoms with Crippen molar-refractivity contribution in [3.05, 3.63) is 167 Å². The molecule has 6 nitrogen and oxygen atoms in total. The quantitative estimate of drug-likeness (QED) is 0.175. The molecule has 0 unspecified atom stereocenters. The molecule has 0 aromatic heterocycles. The van der Waals surface area contributed by atoms with Crippen molar-refractivity contribution in [2.45, 2.75) is 83.1 Å². The Hall–Kier alpha value is -6.14. The monoisotopic (exact) mass is 794 g/mol. The molecule has 2 aliphatic rings. The van der Waals surface area contributed by atoms with Crippen LogP contribution in [0.25, 0.3) is 33.4 Å². The van der Waals surface area contributed by atoms with Gasteiger partial charge >= 0.3 is 0 Å². The van der Waals surface area contributed by atoms with E-state index in [1.165, 1.54) is 0 Å². The van der Waals surface area contributed by atoms with Crippen LogP contribution in [0.15, 0.2) is 188 Å². The fourth-order valence-electron chi connectivity index (χ4n) is 7.38.